The molecule has 4 heteroatoms. The molecule has 1 aromatic heterocycles. The zero-order valence-corrected chi connectivity index (χ0v) is 11.2. The Morgan fingerprint density at radius 2 is 2.22 bits per heavy atom. The quantitative estimate of drug-likeness (QED) is 0.720. The highest BCUT2D eigenvalue weighted by Gasteiger charge is 2.13. The number of carbonyl (C=O) groups is 1. The average molecular weight is 250 g/mol. The van der Waals surface area contributed by atoms with Crippen molar-refractivity contribution in [1.29, 1.82) is 0 Å². The Morgan fingerprint density at radius 3 is 2.83 bits per heavy atom. The summed E-state index contributed by atoms with van der Waals surface area (Å²) in [5.74, 6) is 0.989. The first-order valence-electron chi connectivity index (χ1n) is 6.52. The molecule has 0 fully saturated rings. The Balaban J connectivity index is 2.67. The highest BCUT2D eigenvalue weighted by Crippen LogP contribution is 2.16. The Kier molecular flexibility index (Phi) is 6.36. The third-order valence-electron chi connectivity index (χ3n) is 2.89. The Labute approximate surface area is 109 Å². The zero-order chi connectivity index (χ0) is 13.4. The molecule has 0 spiro atoms. The van der Waals surface area contributed by atoms with Crippen molar-refractivity contribution in [1.82, 2.24) is 4.98 Å². The number of Topliss-reactive ketones (excluding diaryl/α,β-unsaturated/α-hetero) is 1. The molecule has 1 rings (SSSR count). The van der Waals surface area contributed by atoms with Crippen molar-refractivity contribution < 1.29 is 9.53 Å². The van der Waals surface area contributed by atoms with E-state index >= 15 is 0 Å². The van der Waals surface area contributed by atoms with E-state index in [1.165, 1.54) is 0 Å². The number of carbonyl (C=O) groups excluding carboxylic acids is 1. The van der Waals surface area contributed by atoms with E-state index < -0.39 is 0 Å². The first kappa shape index (κ1) is 14.6. The molecule has 0 aliphatic heterocycles. The van der Waals surface area contributed by atoms with Crippen LogP contribution < -0.4 is 10.5 Å². The van der Waals surface area contributed by atoms with Gasteiger partial charge in [0.15, 0.2) is 5.78 Å². The molecule has 0 radical (unpaired) electrons. The monoisotopic (exact) mass is 250 g/mol. The molecule has 0 aliphatic carbocycles. The third-order valence-corrected chi connectivity index (χ3v) is 2.89. The second-order valence-electron chi connectivity index (χ2n) is 4.40. The van der Waals surface area contributed by atoms with Crippen LogP contribution in [0.1, 0.15) is 43.5 Å². The van der Waals surface area contributed by atoms with E-state index in [1.54, 1.807) is 18.5 Å². The van der Waals surface area contributed by atoms with Gasteiger partial charge in [0.1, 0.15) is 5.75 Å². The van der Waals surface area contributed by atoms with Crippen LogP contribution in [0.2, 0.25) is 0 Å². The van der Waals surface area contributed by atoms with Crippen LogP contribution in [-0.4, -0.2) is 23.9 Å². The van der Waals surface area contributed by atoms with Crippen molar-refractivity contribution >= 4 is 5.78 Å². The van der Waals surface area contributed by atoms with Crippen LogP contribution in [-0.2, 0) is 0 Å². The lowest BCUT2D eigenvalue weighted by Gasteiger charge is -2.11. The van der Waals surface area contributed by atoms with Crippen molar-refractivity contribution in [2.24, 2.45) is 11.7 Å². The topological polar surface area (TPSA) is 65.2 Å². The van der Waals surface area contributed by atoms with Crippen LogP contribution in [0, 0.1) is 5.92 Å². The zero-order valence-electron chi connectivity index (χ0n) is 11.2. The Bertz CT molecular complexity index is 376. The first-order chi connectivity index (χ1) is 8.71. The lowest BCUT2D eigenvalue weighted by Crippen LogP contribution is -2.17. The molecule has 1 heterocycles. The van der Waals surface area contributed by atoms with E-state index in [4.69, 9.17) is 10.5 Å². The summed E-state index contributed by atoms with van der Waals surface area (Å²) in [7, 11) is 0. The van der Waals surface area contributed by atoms with E-state index in [1.807, 2.05) is 13.8 Å². The molecule has 0 aliphatic rings. The fraction of sp³-hybridized carbons (Fsp3) is 0.571. The molecular weight excluding hydrogens is 228 g/mol. The van der Waals surface area contributed by atoms with Gasteiger partial charge in [0, 0.05) is 18.2 Å². The van der Waals surface area contributed by atoms with Crippen molar-refractivity contribution in [3.05, 3.63) is 24.0 Å². The van der Waals surface area contributed by atoms with Crippen LogP contribution in [0.4, 0.5) is 0 Å². The normalized spacial score (nSPS) is 12.2. The smallest absolute Gasteiger partial charge is 0.164 e. The van der Waals surface area contributed by atoms with Crippen LogP contribution in [0.25, 0.3) is 0 Å². The first-order valence-corrected chi connectivity index (χ1v) is 6.52. The number of nitrogens with two attached hydrogens (primary N) is 1. The van der Waals surface area contributed by atoms with Gasteiger partial charge >= 0.3 is 0 Å². The number of nitrogens with zero attached hydrogens (tertiary/aromatic N) is 1. The second kappa shape index (κ2) is 7.82. The summed E-state index contributed by atoms with van der Waals surface area (Å²) in [4.78, 5) is 16.1. The summed E-state index contributed by atoms with van der Waals surface area (Å²) in [6, 6.07) is 1.76. The highest BCUT2D eigenvalue weighted by molar-refractivity contribution is 5.96. The van der Waals surface area contributed by atoms with E-state index in [0.29, 0.717) is 30.9 Å². The number of ketones is 1. The molecule has 18 heavy (non-hydrogen) atoms. The van der Waals surface area contributed by atoms with Crippen LogP contribution in [0.3, 0.4) is 0 Å². The summed E-state index contributed by atoms with van der Waals surface area (Å²) in [5.41, 5.74) is 6.22. The number of ether oxygens (including phenoxy) is 1. The second-order valence-corrected chi connectivity index (χ2v) is 4.40. The SMILES string of the molecule is CCCOc1cncc(C(=O)CC(CC)CN)c1. The molecule has 0 saturated heterocycles. The number of hydrogen-bond donors (Lipinski definition) is 1. The van der Waals surface area contributed by atoms with Gasteiger partial charge in [-0.25, -0.2) is 0 Å². The van der Waals surface area contributed by atoms with Gasteiger partial charge < -0.3 is 10.5 Å². The molecule has 0 saturated carbocycles. The minimum atomic E-state index is 0.0850. The van der Waals surface area contributed by atoms with Crippen LogP contribution >= 0.6 is 0 Å². The number of rotatable bonds is 8. The van der Waals surface area contributed by atoms with Gasteiger partial charge in [-0.3, -0.25) is 9.78 Å². The number of pyridine rings is 1. The molecule has 0 aromatic carbocycles. The maximum absolute atomic E-state index is 12.0. The van der Waals surface area contributed by atoms with Gasteiger partial charge in [-0.15, -0.1) is 0 Å². The van der Waals surface area contributed by atoms with Crippen LogP contribution in [0.5, 0.6) is 5.75 Å². The van der Waals surface area contributed by atoms with E-state index in [2.05, 4.69) is 4.98 Å². The molecule has 1 aromatic rings. The maximum atomic E-state index is 12.0. The van der Waals surface area contributed by atoms with Crippen molar-refractivity contribution in [3.63, 3.8) is 0 Å². The van der Waals surface area contributed by atoms with Crippen molar-refractivity contribution in [2.45, 2.75) is 33.1 Å². The molecule has 0 amide bonds. The summed E-state index contributed by atoms with van der Waals surface area (Å²) >= 11 is 0. The molecule has 2 N–H and O–H groups in total. The summed E-state index contributed by atoms with van der Waals surface area (Å²) in [6.45, 7) is 5.26. The van der Waals surface area contributed by atoms with Gasteiger partial charge in [0.25, 0.3) is 0 Å². The fourth-order valence-electron chi connectivity index (χ4n) is 1.64. The Hall–Kier alpha value is -1.42. The van der Waals surface area contributed by atoms with Gasteiger partial charge in [-0.2, -0.15) is 0 Å². The highest BCUT2D eigenvalue weighted by atomic mass is 16.5. The predicted molar refractivity (Wildman–Crippen MR) is 71.8 cm³/mol. The minimum absolute atomic E-state index is 0.0850. The van der Waals surface area contributed by atoms with Gasteiger partial charge in [-0.05, 0) is 24.9 Å². The minimum Gasteiger partial charge on any atom is -0.492 e. The molecule has 100 valence electrons. The molecular formula is C14H22N2O2. The largest absolute Gasteiger partial charge is 0.492 e. The molecule has 4 nitrogen and oxygen atoms in total. The standard InChI is InChI=1S/C14H22N2O2/c1-3-5-18-13-7-12(9-16-10-13)14(17)6-11(4-2)8-15/h7,9-11H,3-6,8,15H2,1-2H3. The fourth-order valence-corrected chi connectivity index (χ4v) is 1.64. The van der Waals surface area contributed by atoms with Gasteiger partial charge in [-0.1, -0.05) is 20.3 Å². The van der Waals surface area contributed by atoms with Crippen molar-refractivity contribution in [3.8, 4) is 5.75 Å². The maximum Gasteiger partial charge on any atom is 0.164 e. The van der Waals surface area contributed by atoms with Crippen molar-refractivity contribution in [2.75, 3.05) is 13.2 Å². The van der Waals surface area contributed by atoms with E-state index in [9.17, 15) is 4.79 Å². The summed E-state index contributed by atoms with van der Waals surface area (Å²) in [5, 5.41) is 0. The van der Waals surface area contributed by atoms with Crippen LogP contribution in [0.15, 0.2) is 18.5 Å². The summed E-state index contributed by atoms with van der Waals surface area (Å²) < 4.78 is 5.46. The average Bonchev–Trinajstić information content (AvgIpc) is 2.42. The third kappa shape index (κ3) is 4.45. The predicted octanol–water partition coefficient (Wildman–Crippen LogP) is 2.43. The molecule has 1 unspecified atom stereocenters. The molecule has 1 atom stereocenters. The van der Waals surface area contributed by atoms with Gasteiger partial charge in [0.05, 0.1) is 12.8 Å². The number of hydrogen-bond acceptors (Lipinski definition) is 4. The van der Waals surface area contributed by atoms with Gasteiger partial charge in [0.2, 0.25) is 0 Å². The lowest BCUT2D eigenvalue weighted by molar-refractivity contribution is 0.0960. The Morgan fingerprint density at radius 1 is 1.44 bits per heavy atom. The number of aromatic nitrogens is 1. The van der Waals surface area contributed by atoms with E-state index in [-0.39, 0.29) is 11.7 Å². The van der Waals surface area contributed by atoms with E-state index in [0.717, 1.165) is 12.8 Å². The lowest BCUT2D eigenvalue weighted by atomic mass is 9.97. The molecule has 0 bridgehead atoms. The summed E-state index contributed by atoms with van der Waals surface area (Å²) in [6.07, 6.45) is 5.55.